The van der Waals surface area contributed by atoms with Gasteiger partial charge in [0.1, 0.15) is 18.8 Å². The van der Waals surface area contributed by atoms with Gasteiger partial charge >= 0.3 is 0 Å². The first-order valence-electron chi connectivity index (χ1n) is 18.3. The summed E-state index contributed by atoms with van der Waals surface area (Å²) in [4.78, 5) is 31.1. The molecule has 6 aromatic rings. The van der Waals surface area contributed by atoms with Gasteiger partial charge in [-0.2, -0.15) is 5.10 Å². The molecular weight excluding hydrogens is 762 g/mol. The van der Waals surface area contributed by atoms with Crippen molar-refractivity contribution < 1.29 is 43.6 Å². The Kier molecular flexibility index (Phi) is 29.3. The lowest BCUT2D eigenvalue weighted by atomic mass is 10.1. The Hall–Kier alpha value is -6.21. The van der Waals surface area contributed by atoms with Crippen LogP contribution in [0, 0.1) is 0 Å². The molecule has 310 valence electrons. The van der Waals surface area contributed by atoms with Crippen molar-refractivity contribution in [2.24, 2.45) is 16.8 Å². The number of rotatable bonds is 10. The maximum absolute atomic E-state index is 11.5. The number of halogens is 1. The van der Waals surface area contributed by atoms with Crippen LogP contribution >= 0.6 is 6.89 Å². The third-order valence-corrected chi connectivity index (χ3v) is 11.3. The van der Waals surface area contributed by atoms with E-state index in [1.165, 1.54) is 34.5 Å². The number of carbonyl (C=O) groups excluding carboxylic acids is 3. The molecule has 14 heteroatoms. The van der Waals surface area contributed by atoms with Crippen molar-refractivity contribution in [3.63, 3.8) is 0 Å². The van der Waals surface area contributed by atoms with E-state index in [2.05, 4.69) is 63.0 Å². The van der Waals surface area contributed by atoms with Gasteiger partial charge in [-0.15, -0.1) is 0 Å². The summed E-state index contributed by atoms with van der Waals surface area (Å²) in [6.07, 6.45) is 17.7. The normalized spacial score (nSPS) is 11.9. The van der Waals surface area contributed by atoms with Crippen LogP contribution < -0.4 is 33.0 Å². The Morgan fingerprint density at radius 2 is 1.22 bits per heavy atom. The van der Waals surface area contributed by atoms with Gasteiger partial charge in [0.2, 0.25) is 0 Å². The fourth-order valence-electron chi connectivity index (χ4n) is 4.89. The van der Waals surface area contributed by atoms with Crippen LogP contribution in [-0.2, 0) is 14.3 Å². The highest BCUT2D eigenvalue weighted by molar-refractivity contribution is 7.95. The minimum absolute atomic E-state index is 0. The van der Waals surface area contributed by atoms with Crippen LogP contribution in [0.3, 0.4) is 0 Å². The van der Waals surface area contributed by atoms with Crippen molar-refractivity contribution >= 4 is 59.7 Å². The Labute approximate surface area is 341 Å². The van der Waals surface area contributed by atoms with E-state index in [0.717, 1.165) is 49.6 Å². The summed E-state index contributed by atoms with van der Waals surface area (Å²) >= 11 is 0. The molecule has 0 aliphatic carbocycles. The van der Waals surface area contributed by atoms with Gasteiger partial charge in [0.05, 0.1) is 51.4 Å². The summed E-state index contributed by atoms with van der Waals surface area (Å²) in [6.45, 7) is 3.62. The number of carbonyl (C=O) groups is 3. The van der Waals surface area contributed by atoms with Crippen molar-refractivity contribution in [1.29, 1.82) is 0 Å². The number of furan rings is 3. The predicted octanol–water partition coefficient (Wildman–Crippen LogP) is 6.49. The first-order valence-corrected chi connectivity index (χ1v) is 19.4. The SMILES string of the molecule is C1=NNC(c2ccoc2)C1.CCOCC.NN.O.O=C/C=C/c1ccoc1.O=CC=P(c1ccccc1)(c1ccccc1)c1ccccc1.O=Cc1ccoc1.[2H]CF. The van der Waals surface area contributed by atoms with Gasteiger partial charge in [0.15, 0.2) is 6.29 Å². The average molecular weight is 818 g/mol. The van der Waals surface area contributed by atoms with E-state index in [9.17, 15) is 18.8 Å². The topological polar surface area (TPSA) is 208 Å². The van der Waals surface area contributed by atoms with Gasteiger partial charge in [0.25, 0.3) is 0 Å². The third-order valence-electron chi connectivity index (χ3n) is 7.38. The van der Waals surface area contributed by atoms with Crippen molar-refractivity contribution in [1.82, 2.24) is 5.43 Å². The van der Waals surface area contributed by atoms with Gasteiger partial charge < -0.3 is 28.9 Å². The summed E-state index contributed by atoms with van der Waals surface area (Å²) < 4.78 is 34.6. The van der Waals surface area contributed by atoms with E-state index in [-0.39, 0.29) is 5.48 Å². The minimum Gasteiger partial charge on any atom is -0.472 e. The van der Waals surface area contributed by atoms with E-state index >= 15 is 0 Å². The van der Waals surface area contributed by atoms with Crippen molar-refractivity contribution in [2.45, 2.75) is 26.3 Å². The van der Waals surface area contributed by atoms with Crippen LogP contribution in [0.5, 0.6) is 0 Å². The number of allylic oxidation sites excluding steroid dienone is 1. The van der Waals surface area contributed by atoms with Crippen LogP contribution in [0.1, 0.15) is 49.2 Å². The molecule has 0 bridgehead atoms. The number of alkyl halides is 1. The van der Waals surface area contributed by atoms with E-state index in [0.29, 0.717) is 11.6 Å². The molecule has 0 spiro atoms. The highest BCUT2D eigenvalue weighted by Crippen LogP contribution is 2.43. The summed E-state index contributed by atoms with van der Waals surface area (Å²) in [5.74, 6) is 9.85. The van der Waals surface area contributed by atoms with E-state index in [1.807, 2.05) is 86.5 Å². The average Bonchev–Trinajstić information content (AvgIpc) is 4.15. The molecule has 0 fully saturated rings. The molecule has 0 saturated heterocycles. The number of hydrazone groups is 1. The highest BCUT2D eigenvalue weighted by atomic mass is 31.2. The second kappa shape index (κ2) is 34.1. The molecule has 3 aromatic carbocycles. The molecule has 7 N–H and O–H groups in total. The summed E-state index contributed by atoms with van der Waals surface area (Å²) in [5.41, 5.74) is 5.62. The summed E-state index contributed by atoms with van der Waals surface area (Å²) in [7, 11) is -1.00. The lowest BCUT2D eigenvalue weighted by Crippen LogP contribution is -2.27. The Morgan fingerprint density at radius 3 is 1.53 bits per heavy atom. The van der Waals surface area contributed by atoms with Gasteiger partial charge in [-0.3, -0.25) is 30.5 Å². The number of hydrogen-bond acceptors (Lipinski definition) is 11. The van der Waals surface area contributed by atoms with E-state index in [1.54, 1.807) is 43.3 Å². The Balaban J connectivity index is 0.000000763. The maximum Gasteiger partial charge on any atom is 0.153 e. The zero-order valence-electron chi connectivity index (χ0n) is 33.6. The van der Waals surface area contributed by atoms with Gasteiger partial charge in [-0.05, 0) is 72.8 Å². The van der Waals surface area contributed by atoms with Crippen LogP contribution in [-0.4, -0.2) is 56.7 Å². The molecule has 1 atom stereocenters. The second-order valence-electron chi connectivity index (χ2n) is 10.8. The highest BCUT2D eigenvalue weighted by Gasteiger charge is 2.24. The quantitative estimate of drug-likeness (QED) is 0.0450. The second-order valence-corrected chi connectivity index (χ2v) is 14.1. The van der Waals surface area contributed by atoms with E-state index in [4.69, 9.17) is 14.9 Å². The molecule has 0 radical (unpaired) electrons. The van der Waals surface area contributed by atoms with Crippen LogP contribution in [0.4, 0.5) is 4.39 Å². The number of ether oxygens (including phenoxy) is 1. The largest absolute Gasteiger partial charge is 0.472 e. The fraction of sp³-hybridized carbons (Fsp3) is 0.159. The summed E-state index contributed by atoms with van der Waals surface area (Å²) in [5, 5.41) is 7.49. The van der Waals surface area contributed by atoms with Gasteiger partial charge in [-0.1, -0.05) is 91.0 Å². The number of nitrogens with one attached hydrogen (secondary N) is 1. The molecule has 4 heterocycles. The molecule has 3 aromatic heterocycles. The molecule has 0 saturated carbocycles. The molecule has 1 aliphatic rings. The van der Waals surface area contributed by atoms with Gasteiger partial charge in [-0.25, -0.2) is 0 Å². The number of nitrogens with zero attached hydrogens (tertiary/aromatic N) is 1. The minimum atomic E-state index is -2.05. The number of hydrogen-bond donors (Lipinski definition) is 3. The van der Waals surface area contributed by atoms with Gasteiger partial charge in [0, 0.05) is 37.0 Å². The number of hydrazine groups is 1. The van der Waals surface area contributed by atoms with Crippen LogP contribution in [0.15, 0.2) is 171 Å². The zero-order valence-corrected chi connectivity index (χ0v) is 33.5. The number of aldehydes is 3. The number of benzene rings is 3. The molecule has 12 nitrogen and oxygen atoms in total. The Morgan fingerprint density at radius 1 is 0.759 bits per heavy atom. The monoisotopic (exact) mass is 817 g/mol. The lowest BCUT2D eigenvalue weighted by Gasteiger charge is -2.27. The smallest absolute Gasteiger partial charge is 0.153 e. The molecule has 58 heavy (non-hydrogen) atoms. The zero-order chi connectivity index (χ0) is 42.5. The summed E-state index contributed by atoms with van der Waals surface area (Å²) in [6, 6.07) is 36.6. The maximum atomic E-state index is 11.5. The first-order chi connectivity index (χ1) is 28.5. The molecule has 7 rings (SSSR count). The van der Waals surface area contributed by atoms with E-state index < -0.39 is 14.0 Å². The standard InChI is InChI=1S/C20H17OP.C7H8N2O.C7H6O2.C5H4O2.C4H10O.CH3F.H4N2.H2O/c21-16-17-22(18-10-4-1-5-11-18,19-12-6-2-7-13-19)20-14-8-3-9-15-20;1-3-8-9-7(1)6-2-4-10-5-6;8-4-1-2-7-3-5-9-6-7;6-3-5-1-2-7-4-5;1-3-5-4-2;2*1-2;/h1-17H;2-5,7,9H,1H2;1-6H;1-4H;3-4H2,1-2H3;1H3;1-2H2;1H2/b;;2-1+;;;;;/i;;;;;1D;;. The predicted molar refractivity (Wildman–Crippen MR) is 234 cm³/mol. The van der Waals surface area contributed by atoms with Crippen LogP contribution in [0.2, 0.25) is 0 Å². The molecule has 0 amide bonds. The molecular formula is C44H54FN4O8P. The molecule has 1 aliphatic heterocycles. The van der Waals surface area contributed by atoms with Crippen LogP contribution in [0.25, 0.3) is 6.08 Å². The first kappa shape index (κ1) is 49.8. The lowest BCUT2D eigenvalue weighted by molar-refractivity contribution is -0.104. The number of nitrogens with two attached hydrogens (primary N) is 2. The van der Waals surface area contributed by atoms with Crippen molar-refractivity contribution in [3.8, 4) is 0 Å². The Bertz CT molecular complexity index is 1850. The molecule has 1 unspecified atom stereocenters. The third kappa shape index (κ3) is 18.6. The van der Waals surface area contributed by atoms with Crippen molar-refractivity contribution in [3.05, 3.63) is 170 Å². The fourth-order valence-corrected chi connectivity index (χ4v) is 8.41. The van der Waals surface area contributed by atoms with Crippen molar-refractivity contribution in [2.75, 3.05) is 20.4 Å².